The summed E-state index contributed by atoms with van der Waals surface area (Å²) in [7, 11) is -1.99. The average Bonchev–Trinajstić information content (AvgIpc) is 2.74. The third-order valence-corrected chi connectivity index (χ3v) is 6.69. The molecule has 0 bridgehead atoms. The highest BCUT2D eigenvalue weighted by atomic mass is 32.2. The number of aryl methyl sites for hydroxylation is 1. The number of hydrogen-bond donors (Lipinski definition) is 1. The molecule has 1 aliphatic rings. The fourth-order valence-corrected chi connectivity index (χ4v) is 4.75. The molecule has 1 aliphatic heterocycles. The number of hydrogen-bond acceptors (Lipinski definition) is 6. The first-order chi connectivity index (χ1) is 14.3. The summed E-state index contributed by atoms with van der Waals surface area (Å²) in [4.78, 5) is 14.6. The molecule has 0 saturated heterocycles. The van der Waals surface area contributed by atoms with Crippen molar-refractivity contribution in [1.82, 2.24) is 0 Å². The van der Waals surface area contributed by atoms with E-state index in [-0.39, 0.29) is 11.3 Å². The maximum absolute atomic E-state index is 12.2. The van der Waals surface area contributed by atoms with E-state index in [1.807, 2.05) is 30.3 Å². The van der Waals surface area contributed by atoms with Crippen molar-refractivity contribution >= 4 is 32.3 Å². The number of ether oxygens (including phenoxy) is 1. The summed E-state index contributed by atoms with van der Waals surface area (Å²) >= 11 is 0. The third-order valence-electron chi connectivity index (χ3n) is 5.57. The highest BCUT2D eigenvalue weighted by Gasteiger charge is 2.24. The van der Waals surface area contributed by atoms with Crippen LogP contribution in [0.3, 0.4) is 0 Å². The molecule has 3 aromatic carbocycles. The first-order valence-electron chi connectivity index (χ1n) is 9.69. The molecule has 0 fully saturated rings. The second-order valence-electron chi connectivity index (χ2n) is 7.55. The number of methoxy groups -OCH3 is 1. The molecule has 0 spiro atoms. The Labute approximate surface area is 175 Å². The first-order valence-corrected chi connectivity index (χ1v) is 11.6. The van der Waals surface area contributed by atoms with E-state index in [9.17, 15) is 18.3 Å². The lowest BCUT2D eigenvalue weighted by atomic mass is 9.96. The number of esters is 1. The van der Waals surface area contributed by atoms with Crippen LogP contribution in [-0.2, 0) is 27.5 Å². The van der Waals surface area contributed by atoms with Crippen molar-refractivity contribution in [2.75, 3.05) is 24.8 Å². The van der Waals surface area contributed by atoms with Crippen LogP contribution in [-0.4, -0.2) is 39.4 Å². The molecule has 156 valence electrons. The molecule has 0 radical (unpaired) electrons. The van der Waals surface area contributed by atoms with Crippen molar-refractivity contribution < 1.29 is 23.1 Å². The van der Waals surface area contributed by atoms with E-state index < -0.39 is 15.8 Å². The molecule has 30 heavy (non-hydrogen) atoms. The zero-order valence-corrected chi connectivity index (χ0v) is 17.7. The Morgan fingerprint density at radius 2 is 1.93 bits per heavy atom. The van der Waals surface area contributed by atoms with E-state index in [0.29, 0.717) is 17.0 Å². The van der Waals surface area contributed by atoms with Crippen LogP contribution in [0.4, 0.5) is 5.69 Å². The molecule has 0 saturated carbocycles. The van der Waals surface area contributed by atoms with Crippen molar-refractivity contribution in [2.45, 2.75) is 24.3 Å². The second-order valence-corrected chi connectivity index (χ2v) is 9.57. The Hall–Kier alpha value is -3.06. The molecule has 0 aliphatic carbocycles. The lowest BCUT2D eigenvalue weighted by Crippen LogP contribution is -2.29. The summed E-state index contributed by atoms with van der Waals surface area (Å²) < 4.78 is 28.7. The van der Waals surface area contributed by atoms with Crippen LogP contribution in [0.1, 0.15) is 27.9 Å². The summed E-state index contributed by atoms with van der Waals surface area (Å²) in [6.07, 6.45) is 2.87. The van der Waals surface area contributed by atoms with E-state index in [1.165, 1.54) is 13.4 Å². The van der Waals surface area contributed by atoms with Gasteiger partial charge in [-0.2, -0.15) is 0 Å². The maximum Gasteiger partial charge on any atom is 0.341 e. The molecule has 4 rings (SSSR count). The summed E-state index contributed by atoms with van der Waals surface area (Å²) in [5, 5.41) is 12.6. The Kier molecular flexibility index (Phi) is 5.15. The molecule has 1 N–H and O–H groups in total. The van der Waals surface area contributed by atoms with Gasteiger partial charge in [0.1, 0.15) is 11.3 Å². The largest absolute Gasteiger partial charge is 0.507 e. The van der Waals surface area contributed by atoms with Gasteiger partial charge in [0.15, 0.2) is 9.84 Å². The number of carbonyl (C=O) groups is 1. The van der Waals surface area contributed by atoms with Gasteiger partial charge in [-0.3, -0.25) is 0 Å². The summed E-state index contributed by atoms with van der Waals surface area (Å²) in [6, 6.07) is 14.4. The number of rotatable bonds is 4. The van der Waals surface area contributed by atoms with E-state index in [0.717, 1.165) is 41.4 Å². The summed E-state index contributed by atoms with van der Waals surface area (Å²) in [6.45, 7) is 1.16. The number of fused-ring (bicyclic) bond motifs is 2. The predicted octanol–water partition coefficient (Wildman–Crippen LogP) is 3.69. The van der Waals surface area contributed by atoms with Crippen LogP contribution in [0, 0.1) is 0 Å². The van der Waals surface area contributed by atoms with E-state index in [2.05, 4.69) is 4.90 Å². The number of anilines is 1. The van der Waals surface area contributed by atoms with Gasteiger partial charge in [-0.15, -0.1) is 0 Å². The molecule has 7 heteroatoms. The maximum atomic E-state index is 12.2. The van der Waals surface area contributed by atoms with Crippen LogP contribution in [0.25, 0.3) is 10.8 Å². The molecule has 3 aromatic rings. The van der Waals surface area contributed by atoms with Crippen LogP contribution in [0.15, 0.2) is 53.4 Å². The van der Waals surface area contributed by atoms with Crippen LogP contribution >= 0.6 is 0 Å². The van der Waals surface area contributed by atoms with Gasteiger partial charge < -0.3 is 14.7 Å². The quantitative estimate of drug-likeness (QED) is 0.642. The fraction of sp³-hybridized carbons (Fsp3) is 0.261. The standard InChI is InChI=1S/C23H23NO5S/c1-29-23(26)19-13-15-6-3-4-8-18(15)20(22(19)25)14-24-11-5-7-16-12-17(30(2,27)28)9-10-21(16)24/h3-4,6,8-10,12-13,25H,5,7,11,14H2,1-2H3. The number of nitrogens with zero attached hydrogens (tertiary/aromatic N) is 1. The van der Waals surface area contributed by atoms with Crippen LogP contribution < -0.4 is 4.90 Å². The molecule has 0 amide bonds. The SMILES string of the molecule is COC(=O)c1cc2ccccc2c(CN2CCCc3cc(S(C)(=O)=O)ccc32)c1O. The van der Waals surface area contributed by atoms with Gasteiger partial charge in [0.05, 0.1) is 12.0 Å². The smallest absolute Gasteiger partial charge is 0.341 e. The third kappa shape index (κ3) is 3.61. The van der Waals surface area contributed by atoms with Crippen molar-refractivity contribution in [3.63, 3.8) is 0 Å². The Balaban J connectivity index is 1.81. The Morgan fingerprint density at radius 1 is 1.17 bits per heavy atom. The Morgan fingerprint density at radius 3 is 2.67 bits per heavy atom. The first kappa shape index (κ1) is 20.2. The van der Waals surface area contributed by atoms with Crippen molar-refractivity contribution in [2.24, 2.45) is 0 Å². The van der Waals surface area contributed by atoms with Crippen LogP contribution in [0.2, 0.25) is 0 Å². The number of carbonyl (C=O) groups excluding carboxylic acids is 1. The fourth-order valence-electron chi connectivity index (χ4n) is 4.07. The van der Waals surface area contributed by atoms with Gasteiger partial charge in [-0.05, 0) is 53.4 Å². The van der Waals surface area contributed by atoms with E-state index >= 15 is 0 Å². The van der Waals surface area contributed by atoms with E-state index in [4.69, 9.17) is 4.74 Å². The molecule has 6 nitrogen and oxygen atoms in total. The summed E-state index contributed by atoms with van der Waals surface area (Å²) in [5.41, 5.74) is 2.70. The second kappa shape index (κ2) is 7.65. The Bertz CT molecular complexity index is 1250. The summed E-state index contributed by atoms with van der Waals surface area (Å²) in [5.74, 6) is -0.670. The van der Waals surface area contributed by atoms with Gasteiger partial charge >= 0.3 is 5.97 Å². The minimum absolute atomic E-state index is 0.0829. The molecular weight excluding hydrogens is 402 g/mol. The van der Waals surface area contributed by atoms with Gasteiger partial charge in [-0.1, -0.05) is 24.3 Å². The van der Waals surface area contributed by atoms with Crippen LogP contribution in [0.5, 0.6) is 5.75 Å². The van der Waals surface area contributed by atoms with Gasteiger partial charge in [0.2, 0.25) is 0 Å². The topological polar surface area (TPSA) is 83.9 Å². The van der Waals surface area contributed by atoms with Crippen molar-refractivity contribution in [1.29, 1.82) is 0 Å². The van der Waals surface area contributed by atoms with Crippen molar-refractivity contribution in [3.05, 3.63) is 65.2 Å². The predicted molar refractivity (Wildman–Crippen MR) is 116 cm³/mol. The van der Waals surface area contributed by atoms with E-state index in [1.54, 1.807) is 18.2 Å². The lowest BCUT2D eigenvalue weighted by molar-refractivity contribution is 0.0597. The highest BCUT2D eigenvalue weighted by Crippen LogP contribution is 2.36. The number of aromatic hydroxyl groups is 1. The zero-order valence-electron chi connectivity index (χ0n) is 16.9. The van der Waals surface area contributed by atoms with Gasteiger partial charge in [0.25, 0.3) is 0 Å². The zero-order chi connectivity index (χ0) is 21.5. The normalized spacial score (nSPS) is 13.9. The number of phenols is 1. The minimum Gasteiger partial charge on any atom is -0.507 e. The number of phenolic OH excluding ortho intramolecular Hbond substituents is 1. The highest BCUT2D eigenvalue weighted by molar-refractivity contribution is 7.90. The van der Waals surface area contributed by atoms with Gasteiger partial charge in [-0.25, -0.2) is 13.2 Å². The minimum atomic E-state index is -3.28. The van der Waals surface area contributed by atoms with Crippen molar-refractivity contribution in [3.8, 4) is 5.75 Å². The van der Waals surface area contributed by atoms with Gasteiger partial charge in [0, 0.05) is 30.6 Å². The number of benzene rings is 3. The molecule has 0 aromatic heterocycles. The average molecular weight is 426 g/mol. The number of sulfone groups is 1. The molecular formula is C23H23NO5S. The lowest BCUT2D eigenvalue weighted by Gasteiger charge is -2.32. The molecule has 0 atom stereocenters. The molecule has 0 unspecified atom stereocenters. The monoisotopic (exact) mass is 425 g/mol. The molecule has 1 heterocycles.